The van der Waals surface area contributed by atoms with E-state index in [4.69, 9.17) is 9.47 Å². The standard InChI is InChI=1S/C23H26N2O4/c1-15(16-10-11-16)29-14-25-22(26)12-24-23(27)28-13-21-19-8-4-2-6-17(19)18-7-3-5-9-20(18)21/h2-9,15-16,21H,10-14H2,1H3,(H,24,27)(H,25,26)/t15-/m0/s1. The third-order valence-corrected chi connectivity index (χ3v) is 5.64. The highest BCUT2D eigenvalue weighted by atomic mass is 16.5. The first kappa shape index (κ1) is 19.5. The summed E-state index contributed by atoms with van der Waals surface area (Å²) in [6, 6.07) is 16.3. The summed E-state index contributed by atoms with van der Waals surface area (Å²) in [6.45, 7) is 2.25. The number of ether oxygens (including phenoxy) is 2. The highest BCUT2D eigenvalue weighted by molar-refractivity contribution is 5.82. The van der Waals surface area contributed by atoms with E-state index >= 15 is 0 Å². The molecular weight excluding hydrogens is 368 g/mol. The molecule has 6 nitrogen and oxygen atoms in total. The Labute approximate surface area is 170 Å². The van der Waals surface area contributed by atoms with Crippen LogP contribution in [0.5, 0.6) is 0 Å². The second-order valence-corrected chi connectivity index (χ2v) is 7.63. The molecule has 4 rings (SSSR count). The van der Waals surface area contributed by atoms with Gasteiger partial charge >= 0.3 is 6.09 Å². The molecule has 0 aromatic heterocycles. The van der Waals surface area contributed by atoms with Gasteiger partial charge in [-0.15, -0.1) is 0 Å². The maximum Gasteiger partial charge on any atom is 0.407 e. The lowest BCUT2D eigenvalue weighted by molar-refractivity contribution is -0.122. The van der Waals surface area contributed by atoms with Crippen LogP contribution in [0.1, 0.15) is 36.8 Å². The SMILES string of the molecule is C[C@H](OCNC(=O)CNC(=O)OCC1c2ccccc2-c2ccccc21)C1CC1. The number of hydrogen-bond donors (Lipinski definition) is 2. The quantitative estimate of drug-likeness (QED) is 0.673. The Hall–Kier alpha value is -2.86. The lowest BCUT2D eigenvalue weighted by atomic mass is 9.98. The van der Waals surface area contributed by atoms with Crippen LogP contribution < -0.4 is 10.6 Å². The van der Waals surface area contributed by atoms with Gasteiger partial charge in [-0.1, -0.05) is 48.5 Å². The molecule has 2 N–H and O–H groups in total. The Morgan fingerprint density at radius 3 is 2.24 bits per heavy atom. The van der Waals surface area contributed by atoms with Crippen LogP contribution in [-0.2, 0) is 14.3 Å². The van der Waals surface area contributed by atoms with Gasteiger partial charge < -0.3 is 20.1 Å². The average molecular weight is 394 g/mol. The Balaban J connectivity index is 1.23. The lowest BCUT2D eigenvalue weighted by Gasteiger charge is -2.15. The smallest absolute Gasteiger partial charge is 0.407 e. The lowest BCUT2D eigenvalue weighted by Crippen LogP contribution is -2.39. The highest BCUT2D eigenvalue weighted by Gasteiger charge is 2.29. The Morgan fingerprint density at radius 1 is 1.00 bits per heavy atom. The molecule has 2 amide bonds. The molecule has 0 unspecified atom stereocenters. The Kier molecular flexibility index (Phi) is 5.81. The van der Waals surface area contributed by atoms with Crippen LogP contribution in [0.3, 0.4) is 0 Å². The molecule has 1 atom stereocenters. The van der Waals surface area contributed by atoms with Crippen molar-refractivity contribution in [3.8, 4) is 11.1 Å². The van der Waals surface area contributed by atoms with E-state index in [1.807, 2.05) is 31.2 Å². The van der Waals surface area contributed by atoms with E-state index in [1.165, 1.54) is 24.0 Å². The molecule has 6 heteroatoms. The zero-order valence-corrected chi connectivity index (χ0v) is 16.5. The number of carbonyl (C=O) groups is 2. The van der Waals surface area contributed by atoms with Crippen LogP contribution in [0.4, 0.5) is 4.79 Å². The molecular formula is C23H26N2O4. The summed E-state index contributed by atoms with van der Waals surface area (Å²) in [5, 5.41) is 5.14. The van der Waals surface area contributed by atoms with Crippen molar-refractivity contribution < 1.29 is 19.1 Å². The molecule has 0 heterocycles. The van der Waals surface area contributed by atoms with Crippen LogP contribution in [0, 0.1) is 5.92 Å². The summed E-state index contributed by atoms with van der Waals surface area (Å²) in [5.41, 5.74) is 4.66. The third-order valence-electron chi connectivity index (χ3n) is 5.64. The van der Waals surface area contributed by atoms with Crippen LogP contribution in [0.25, 0.3) is 11.1 Å². The summed E-state index contributed by atoms with van der Waals surface area (Å²) >= 11 is 0. The van der Waals surface area contributed by atoms with Crippen molar-refractivity contribution in [2.75, 3.05) is 19.9 Å². The number of nitrogens with one attached hydrogen (secondary N) is 2. The van der Waals surface area contributed by atoms with E-state index in [2.05, 4.69) is 34.9 Å². The predicted molar refractivity (Wildman–Crippen MR) is 109 cm³/mol. The Bertz CT molecular complexity index is 848. The van der Waals surface area contributed by atoms with Gasteiger partial charge in [0.1, 0.15) is 19.9 Å². The van der Waals surface area contributed by atoms with Crippen molar-refractivity contribution in [3.05, 3.63) is 59.7 Å². The van der Waals surface area contributed by atoms with E-state index in [0.717, 1.165) is 11.1 Å². The molecule has 2 aliphatic carbocycles. The van der Waals surface area contributed by atoms with E-state index < -0.39 is 6.09 Å². The zero-order valence-electron chi connectivity index (χ0n) is 16.5. The van der Waals surface area contributed by atoms with Gasteiger partial charge in [-0.3, -0.25) is 4.79 Å². The third kappa shape index (κ3) is 4.59. The molecule has 0 aliphatic heterocycles. The number of carbonyl (C=O) groups excluding carboxylic acids is 2. The molecule has 2 aromatic carbocycles. The second-order valence-electron chi connectivity index (χ2n) is 7.63. The fourth-order valence-corrected chi connectivity index (χ4v) is 3.82. The van der Waals surface area contributed by atoms with Crippen LogP contribution in [0.2, 0.25) is 0 Å². The maximum atomic E-state index is 12.1. The second kappa shape index (κ2) is 8.66. The van der Waals surface area contributed by atoms with Crippen molar-refractivity contribution >= 4 is 12.0 Å². The summed E-state index contributed by atoms with van der Waals surface area (Å²) in [7, 11) is 0. The van der Waals surface area contributed by atoms with Crippen molar-refractivity contribution in [1.82, 2.24) is 10.6 Å². The van der Waals surface area contributed by atoms with E-state index in [1.54, 1.807) is 0 Å². The van der Waals surface area contributed by atoms with Gasteiger partial charge in [-0.25, -0.2) is 4.79 Å². The van der Waals surface area contributed by atoms with Crippen LogP contribution in [-0.4, -0.2) is 38.0 Å². The summed E-state index contributed by atoms with van der Waals surface area (Å²) in [5.74, 6) is 0.312. The first-order valence-electron chi connectivity index (χ1n) is 10.1. The fourth-order valence-electron chi connectivity index (χ4n) is 3.82. The number of fused-ring (bicyclic) bond motifs is 3. The maximum absolute atomic E-state index is 12.1. The molecule has 0 spiro atoms. The molecule has 2 aliphatic rings. The first-order valence-corrected chi connectivity index (χ1v) is 10.1. The van der Waals surface area contributed by atoms with Gasteiger partial charge in [0.2, 0.25) is 5.91 Å². The van der Waals surface area contributed by atoms with Crippen molar-refractivity contribution in [2.24, 2.45) is 5.92 Å². The van der Waals surface area contributed by atoms with Gasteiger partial charge in [-0.2, -0.15) is 0 Å². The highest BCUT2D eigenvalue weighted by Crippen LogP contribution is 2.44. The van der Waals surface area contributed by atoms with Gasteiger partial charge in [0.25, 0.3) is 0 Å². The number of benzene rings is 2. The largest absolute Gasteiger partial charge is 0.449 e. The number of rotatable bonds is 8. The summed E-state index contributed by atoms with van der Waals surface area (Å²) in [6.07, 6.45) is 1.94. The van der Waals surface area contributed by atoms with E-state index in [-0.39, 0.29) is 37.8 Å². The van der Waals surface area contributed by atoms with Crippen molar-refractivity contribution in [3.63, 3.8) is 0 Å². The van der Waals surface area contributed by atoms with Crippen molar-refractivity contribution in [1.29, 1.82) is 0 Å². The predicted octanol–water partition coefficient (Wildman–Crippen LogP) is 3.41. The van der Waals surface area contributed by atoms with Crippen molar-refractivity contribution in [2.45, 2.75) is 31.8 Å². The fraction of sp³-hybridized carbons (Fsp3) is 0.391. The molecule has 0 radical (unpaired) electrons. The molecule has 1 saturated carbocycles. The van der Waals surface area contributed by atoms with Gasteiger partial charge in [0, 0.05) is 5.92 Å². The summed E-state index contributed by atoms with van der Waals surface area (Å²) < 4.78 is 11.0. The van der Waals surface area contributed by atoms with Gasteiger partial charge in [-0.05, 0) is 47.9 Å². The number of alkyl carbamates (subject to hydrolysis) is 1. The minimum absolute atomic E-state index is 0.000659. The molecule has 152 valence electrons. The number of amides is 2. The van der Waals surface area contributed by atoms with E-state index in [9.17, 15) is 9.59 Å². The average Bonchev–Trinajstić information content (AvgIpc) is 3.54. The molecule has 29 heavy (non-hydrogen) atoms. The minimum Gasteiger partial charge on any atom is -0.449 e. The molecule has 0 saturated heterocycles. The van der Waals surface area contributed by atoms with Crippen LogP contribution in [0.15, 0.2) is 48.5 Å². The summed E-state index contributed by atoms with van der Waals surface area (Å²) in [4.78, 5) is 23.9. The zero-order chi connectivity index (χ0) is 20.2. The minimum atomic E-state index is -0.603. The molecule has 2 aromatic rings. The first-order chi connectivity index (χ1) is 14.1. The van der Waals surface area contributed by atoms with Gasteiger partial charge in [0.15, 0.2) is 0 Å². The van der Waals surface area contributed by atoms with Crippen LogP contribution >= 0.6 is 0 Å². The molecule has 1 fully saturated rings. The monoisotopic (exact) mass is 394 g/mol. The van der Waals surface area contributed by atoms with E-state index in [0.29, 0.717) is 5.92 Å². The topological polar surface area (TPSA) is 76.7 Å². The Morgan fingerprint density at radius 2 is 1.62 bits per heavy atom. The molecule has 0 bridgehead atoms. The van der Waals surface area contributed by atoms with Gasteiger partial charge in [0.05, 0.1) is 6.10 Å². The normalized spacial score (nSPS) is 15.9. The number of hydrogen-bond acceptors (Lipinski definition) is 4.